The van der Waals surface area contributed by atoms with Crippen LogP contribution >= 0.6 is 15.9 Å². The molecule has 5 nitrogen and oxygen atoms in total. The summed E-state index contributed by atoms with van der Waals surface area (Å²) < 4.78 is 16.4. The maximum absolute atomic E-state index is 9.15. The first-order valence-electron chi connectivity index (χ1n) is 4.95. The van der Waals surface area contributed by atoms with Crippen LogP contribution in [0.5, 0.6) is 17.2 Å². The van der Waals surface area contributed by atoms with Crippen molar-refractivity contribution in [2.75, 3.05) is 27.9 Å². The fraction of sp³-hybridized carbons (Fsp3) is 0.455. The highest BCUT2D eigenvalue weighted by Gasteiger charge is 2.23. The minimum absolute atomic E-state index is 0.190. The smallest absolute Gasteiger partial charge is 0.203 e. The van der Waals surface area contributed by atoms with Crippen molar-refractivity contribution < 1.29 is 19.3 Å². The molecule has 0 amide bonds. The van der Waals surface area contributed by atoms with Gasteiger partial charge in [-0.2, -0.15) is 0 Å². The molecule has 6 heteroatoms. The number of hydrogen-bond acceptors (Lipinski definition) is 5. The molecule has 0 heterocycles. The highest BCUT2D eigenvalue weighted by atomic mass is 79.9. The molecule has 1 rings (SSSR count). The summed E-state index contributed by atoms with van der Waals surface area (Å²) in [6.45, 7) is -0.190. The molecule has 0 aliphatic carbocycles. The predicted molar refractivity (Wildman–Crippen MR) is 67.8 cm³/mol. The van der Waals surface area contributed by atoms with Crippen LogP contribution in [-0.4, -0.2) is 33.0 Å². The van der Waals surface area contributed by atoms with E-state index in [0.29, 0.717) is 27.3 Å². The van der Waals surface area contributed by atoms with Gasteiger partial charge in [-0.1, -0.05) is 15.9 Å². The lowest BCUT2D eigenvalue weighted by atomic mass is 10.1. The second-order valence-corrected chi connectivity index (χ2v) is 4.18. The zero-order valence-corrected chi connectivity index (χ0v) is 11.6. The molecule has 1 aromatic carbocycles. The van der Waals surface area contributed by atoms with Crippen molar-refractivity contribution in [3.8, 4) is 17.2 Å². The summed E-state index contributed by atoms with van der Waals surface area (Å²) in [7, 11) is 4.56. The second-order valence-electron chi connectivity index (χ2n) is 3.33. The number of ether oxygens (including phenoxy) is 3. The maximum atomic E-state index is 9.15. The van der Waals surface area contributed by atoms with Gasteiger partial charge in [0.05, 0.1) is 34.0 Å². The minimum atomic E-state index is -0.556. The van der Waals surface area contributed by atoms with Gasteiger partial charge in [0.25, 0.3) is 0 Å². The third kappa shape index (κ3) is 2.65. The molecule has 17 heavy (non-hydrogen) atoms. The Morgan fingerprint density at radius 2 is 1.82 bits per heavy atom. The highest BCUT2D eigenvalue weighted by Crippen LogP contribution is 2.45. The fourth-order valence-electron chi connectivity index (χ4n) is 1.59. The monoisotopic (exact) mass is 305 g/mol. The Kier molecular flexibility index (Phi) is 5.04. The summed E-state index contributed by atoms with van der Waals surface area (Å²) in [5, 5.41) is 9.15. The Morgan fingerprint density at radius 1 is 1.24 bits per heavy atom. The summed E-state index contributed by atoms with van der Waals surface area (Å²) in [6, 6.07) is 1.17. The van der Waals surface area contributed by atoms with Crippen molar-refractivity contribution >= 4 is 15.9 Å². The Morgan fingerprint density at radius 3 is 2.24 bits per heavy atom. The fourth-order valence-corrected chi connectivity index (χ4v) is 2.27. The Labute approximate surface area is 109 Å². The van der Waals surface area contributed by atoms with E-state index in [1.807, 2.05) is 0 Å². The summed E-state index contributed by atoms with van der Waals surface area (Å²) in [5.41, 5.74) is 6.48. The van der Waals surface area contributed by atoms with Gasteiger partial charge in [0.2, 0.25) is 5.75 Å². The molecule has 3 N–H and O–H groups in total. The molecule has 1 aromatic rings. The van der Waals surface area contributed by atoms with Crippen LogP contribution in [0.3, 0.4) is 0 Å². The average Bonchev–Trinajstić information content (AvgIpc) is 2.36. The van der Waals surface area contributed by atoms with Gasteiger partial charge in [0.1, 0.15) is 0 Å². The van der Waals surface area contributed by atoms with Gasteiger partial charge in [0, 0.05) is 10.0 Å². The van der Waals surface area contributed by atoms with Crippen LogP contribution in [-0.2, 0) is 0 Å². The van der Waals surface area contributed by atoms with Crippen LogP contribution in [0, 0.1) is 0 Å². The van der Waals surface area contributed by atoms with E-state index in [1.165, 1.54) is 21.3 Å². The Balaban J connectivity index is 3.48. The number of hydrogen-bond donors (Lipinski definition) is 2. The summed E-state index contributed by atoms with van der Waals surface area (Å²) >= 11 is 3.38. The standard InChI is InChI=1S/C11H16BrNO4/c1-15-8-4-6(12)9(7(13)5-14)11(17-3)10(8)16-2/h4,7,14H,5,13H2,1-3H3. The molecule has 0 saturated carbocycles. The maximum Gasteiger partial charge on any atom is 0.203 e. The zero-order chi connectivity index (χ0) is 13.0. The second kappa shape index (κ2) is 6.09. The first-order chi connectivity index (χ1) is 8.10. The number of methoxy groups -OCH3 is 3. The van der Waals surface area contributed by atoms with E-state index in [2.05, 4.69) is 15.9 Å². The lowest BCUT2D eigenvalue weighted by molar-refractivity contribution is 0.261. The number of aliphatic hydroxyl groups excluding tert-OH is 1. The van der Waals surface area contributed by atoms with E-state index >= 15 is 0 Å². The first kappa shape index (κ1) is 14.1. The van der Waals surface area contributed by atoms with E-state index in [-0.39, 0.29) is 6.61 Å². The van der Waals surface area contributed by atoms with Crippen LogP contribution in [0.1, 0.15) is 11.6 Å². The van der Waals surface area contributed by atoms with Crippen LogP contribution in [0.25, 0.3) is 0 Å². The molecule has 1 unspecified atom stereocenters. The Hall–Kier alpha value is -0.980. The van der Waals surface area contributed by atoms with Gasteiger partial charge < -0.3 is 25.1 Å². The quantitative estimate of drug-likeness (QED) is 0.861. The Bertz CT molecular complexity index is 398. The molecule has 0 aliphatic rings. The van der Waals surface area contributed by atoms with Crippen molar-refractivity contribution in [1.82, 2.24) is 0 Å². The SMILES string of the molecule is COc1cc(Br)c(C(N)CO)c(OC)c1OC. The van der Waals surface area contributed by atoms with Crippen LogP contribution in [0.15, 0.2) is 10.5 Å². The van der Waals surface area contributed by atoms with Gasteiger partial charge in [0.15, 0.2) is 11.5 Å². The van der Waals surface area contributed by atoms with Crippen LogP contribution < -0.4 is 19.9 Å². The van der Waals surface area contributed by atoms with Crippen molar-refractivity contribution in [3.63, 3.8) is 0 Å². The van der Waals surface area contributed by atoms with Crippen molar-refractivity contribution in [3.05, 3.63) is 16.1 Å². The summed E-state index contributed by atoms with van der Waals surface area (Å²) in [6.07, 6.45) is 0. The summed E-state index contributed by atoms with van der Waals surface area (Å²) in [5.74, 6) is 1.45. The molecule has 0 fully saturated rings. The third-order valence-electron chi connectivity index (χ3n) is 2.39. The number of aliphatic hydroxyl groups is 1. The lowest BCUT2D eigenvalue weighted by Crippen LogP contribution is -2.16. The molecular weight excluding hydrogens is 290 g/mol. The van der Waals surface area contributed by atoms with Crippen molar-refractivity contribution in [2.24, 2.45) is 5.73 Å². The predicted octanol–water partition coefficient (Wildman–Crippen LogP) is 1.47. The van der Waals surface area contributed by atoms with Crippen molar-refractivity contribution in [1.29, 1.82) is 0 Å². The van der Waals surface area contributed by atoms with Gasteiger partial charge in [-0.3, -0.25) is 0 Å². The molecule has 0 radical (unpaired) electrons. The highest BCUT2D eigenvalue weighted by molar-refractivity contribution is 9.10. The van der Waals surface area contributed by atoms with E-state index in [4.69, 9.17) is 25.1 Å². The molecule has 0 aromatic heterocycles. The van der Waals surface area contributed by atoms with Gasteiger partial charge in [-0.05, 0) is 6.07 Å². The number of rotatable bonds is 5. The van der Waals surface area contributed by atoms with Gasteiger partial charge in [-0.15, -0.1) is 0 Å². The number of benzene rings is 1. The lowest BCUT2D eigenvalue weighted by Gasteiger charge is -2.20. The van der Waals surface area contributed by atoms with E-state index in [0.717, 1.165) is 0 Å². The first-order valence-corrected chi connectivity index (χ1v) is 5.74. The van der Waals surface area contributed by atoms with Gasteiger partial charge >= 0.3 is 0 Å². The molecular formula is C11H16BrNO4. The van der Waals surface area contributed by atoms with E-state index in [1.54, 1.807) is 6.07 Å². The molecule has 96 valence electrons. The van der Waals surface area contributed by atoms with E-state index in [9.17, 15) is 0 Å². The molecule has 0 aliphatic heterocycles. The molecule has 0 bridgehead atoms. The largest absolute Gasteiger partial charge is 0.493 e. The average molecular weight is 306 g/mol. The van der Waals surface area contributed by atoms with Gasteiger partial charge in [-0.25, -0.2) is 0 Å². The number of nitrogens with two attached hydrogens (primary N) is 1. The molecule has 0 spiro atoms. The third-order valence-corrected chi connectivity index (χ3v) is 3.04. The topological polar surface area (TPSA) is 73.9 Å². The normalized spacial score (nSPS) is 12.1. The van der Waals surface area contributed by atoms with Crippen LogP contribution in [0.2, 0.25) is 0 Å². The minimum Gasteiger partial charge on any atom is -0.493 e. The molecule has 0 saturated heterocycles. The molecule has 1 atom stereocenters. The number of halogens is 1. The zero-order valence-electron chi connectivity index (χ0n) is 9.99. The van der Waals surface area contributed by atoms with Crippen LogP contribution in [0.4, 0.5) is 0 Å². The summed E-state index contributed by atoms with van der Waals surface area (Å²) in [4.78, 5) is 0. The van der Waals surface area contributed by atoms with E-state index < -0.39 is 6.04 Å². The van der Waals surface area contributed by atoms with Crippen molar-refractivity contribution in [2.45, 2.75) is 6.04 Å².